The van der Waals surface area contributed by atoms with E-state index in [4.69, 9.17) is 0 Å². The molecule has 0 saturated heterocycles. The number of nitrogens with one attached hydrogen (secondary N) is 1. The van der Waals surface area contributed by atoms with Gasteiger partial charge < -0.3 is 10.2 Å². The van der Waals surface area contributed by atoms with E-state index >= 15 is 0 Å². The van der Waals surface area contributed by atoms with Gasteiger partial charge >= 0.3 is 0 Å². The highest BCUT2D eigenvalue weighted by Crippen LogP contribution is 2.24. The lowest BCUT2D eigenvalue weighted by atomic mass is 9.96. The fourth-order valence-corrected chi connectivity index (χ4v) is 2.66. The number of rotatable bonds is 5. The molecule has 1 N–H and O–H groups in total. The van der Waals surface area contributed by atoms with Crippen molar-refractivity contribution >= 4 is 16.5 Å². The van der Waals surface area contributed by atoms with E-state index in [1.54, 1.807) is 11.3 Å². The van der Waals surface area contributed by atoms with E-state index in [9.17, 15) is 0 Å². The normalized spacial score (nSPS) is 16.2. The van der Waals surface area contributed by atoms with E-state index in [0.29, 0.717) is 5.41 Å². The van der Waals surface area contributed by atoms with E-state index in [-0.39, 0.29) is 0 Å². The quantitative estimate of drug-likeness (QED) is 0.874. The Hall–Kier alpha value is -0.610. The molecule has 1 aliphatic rings. The molecule has 0 radical (unpaired) electrons. The summed E-state index contributed by atoms with van der Waals surface area (Å²) in [6, 6.07) is 0.757. The molecule has 0 spiro atoms. The van der Waals surface area contributed by atoms with Crippen LogP contribution in [0, 0.1) is 5.41 Å². The van der Waals surface area contributed by atoms with E-state index in [0.717, 1.165) is 24.3 Å². The predicted octanol–water partition coefficient (Wildman–Crippen LogP) is 2.88. The molecule has 1 saturated carbocycles. The van der Waals surface area contributed by atoms with Gasteiger partial charge in [0.1, 0.15) is 0 Å². The third-order valence-electron chi connectivity index (χ3n) is 2.73. The van der Waals surface area contributed by atoms with Gasteiger partial charge in [0.2, 0.25) is 0 Å². The van der Waals surface area contributed by atoms with Crippen molar-refractivity contribution in [3.05, 3.63) is 11.1 Å². The van der Waals surface area contributed by atoms with Crippen molar-refractivity contribution in [1.29, 1.82) is 0 Å². The molecule has 0 atom stereocenters. The maximum Gasteiger partial charge on any atom is 0.185 e. The van der Waals surface area contributed by atoms with Crippen molar-refractivity contribution in [2.45, 2.75) is 46.2 Å². The summed E-state index contributed by atoms with van der Waals surface area (Å²) >= 11 is 1.75. The van der Waals surface area contributed by atoms with Gasteiger partial charge in [-0.3, -0.25) is 0 Å². The van der Waals surface area contributed by atoms with E-state index in [1.165, 1.54) is 18.5 Å². The minimum atomic E-state index is 0.312. The molecule has 1 aromatic heterocycles. The van der Waals surface area contributed by atoms with E-state index in [2.05, 4.69) is 48.4 Å². The smallest absolute Gasteiger partial charge is 0.185 e. The summed E-state index contributed by atoms with van der Waals surface area (Å²) in [6.45, 7) is 8.73. The van der Waals surface area contributed by atoms with Crippen LogP contribution in [0.15, 0.2) is 5.38 Å². The average molecular weight is 253 g/mol. The molecule has 1 heterocycles. The minimum Gasteiger partial charge on any atom is -0.351 e. The maximum atomic E-state index is 4.68. The molecule has 1 fully saturated rings. The first-order valence-electron chi connectivity index (χ1n) is 6.33. The summed E-state index contributed by atoms with van der Waals surface area (Å²) in [7, 11) is 2.13. The number of aromatic nitrogens is 1. The molecule has 0 amide bonds. The highest BCUT2D eigenvalue weighted by atomic mass is 32.1. The fourth-order valence-electron chi connectivity index (χ4n) is 1.87. The zero-order valence-corrected chi connectivity index (χ0v) is 12.1. The molecule has 17 heavy (non-hydrogen) atoms. The van der Waals surface area contributed by atoms with Crippen molar-refractivity contribution in [2.24, 2.45) is 5.41 Å². The van der Waals surface area contributed by atoms with Gasteiger partial charge in [-0.05, 0) is 18.3 Å². The van der Waals surface area contributed by atoms with Gasteiger partial charge in [-0.25, -0.2) is 4.98 Å². The van der Waals surface area contributed by atoms with Crippen LogP contribution in [0.5, 0.6) is 0 Å². The molecule has 0 bridgehead atoms. The summed E-state index contributed by atoms with van der Waals surface area (Å²) in [5, 5.41) is 6.80. The molecule has 2 rings (SSSR count). The van der Waals surface area contributed by atoms with Crippen LogP contribution in [-0.4, -0.2) is 24.6 Å². The first-order chi connectivity index (χ1) is 7.94. The Labute approximate surface area is 108 Å². The molecule has 1 aliphatic carbocycles. The van der Waals surface area contributed by atoms with Gasteiger partial charge in [0, 0.05) is 31.6 Å². The largest absolute Gasteiger partial charge is 0.351 e. The van der Waals surface area contributed by atoms with Gasteiger partial charge in [-0.1, -0.05) is 20.8 Å². The average Bonchev–Trinajstić information content (AvgIpc) is 2.90. The van der Waals surface area contributed by atoms with Crippen LogP contribution in [0.4, 0.5) is 5.13 Å². The monoisotopic (exact) mass is 253 g/mol. The Bertz CT molecular complexity index is 363. The van der Waals surface area contributed by atoms with Gasteiger partial charge in [0.15, 0.2) is 5.13 Å². The number of hydrogen-bond donors (Lipinski definition) is 1. The van der Waals surface area contributed by atoms with Crippen molar-refractivity contribution in [2.75, 3.05) is 18.5 Å². The zero-order chi connectivity index (χ0) is 12.5. The molecule has 0 aromatic carbocycles. The third-order valence-corrected chi connectivity index (χ3v) is 3.73. The second kappa shape index (κ2) is 4.94. The Morgan fingerprint density at radius 3 is 2.76 bits per heavy atom. The Balaban J connectivity index is 1.87. The number of hydrogen-bond acceptors (Lipinski definition) is 4. The third kappa shape index (κ3) is 4.28. The lowest BCUT2D eigenvalue weighted by molar-refractivity contribution is 0.418. The van der Waals surface area contributed by atoms with Crippen LogP contribution >= 0.6 is 11.3 Å². The van der Waals surface area contributed by atoms with Crippen LogP contribution in [0.1, 0.15) is 39.3 Å². The minimum absolute atomic E-state index is 0.312. The van der Waals surface area contributed by atoms with E-state index in [1.807, 2.05) is 0 Å². The highest BCUT2D eigenvalue weighted by Gasteiger charge is 2.21. The van der Waals surface area contributed by atoms with Crippen molar-refractivity contribution < 1.29 is 0 Å². The maximum absolute atomic E-state index is 4.68. The lowest BCUT2D eigenvalue weighted by Crippen LogP contribution is -2.29. The standard InChI is InChI=1S/C13H23N3S/c1-13(2,3)9-16(4)12-15-11(8-17-12)7-14-10-5-6-10/h8,10,14H,5-7,9H2,1-4H3. The SMILES string of the molecule is CN(CC(C)(C)C)c1nc(CNC2CC2)cs1. The fraction of sp³-hybridized carbons (Fsp3) is 0.769. The van der Waals surface area contributed by atoms with Crippen LogP contribution in [0.3, 0.4) is 0 Å². The second-order valence-electron chi connectivity index (χ2n) is 6.19. The van der Waals surface area contributed by atoms with Gasteiger partial charge in [0.05, 0.1) is 5.69 Å². The van der Waals surface area contributed by atoms with Crippen LogP contribution < -0.4 is 10.2 Å². The summed E-state index contributed by atoms with van der Waals surface area (Å²) in [4.78, 5) is 6.93. The van der Waals surface area contributed by atoms with Crippen LogP contribution in [0.25, 0.3) is 0 Å². The van der Waals surface area contributed by atoms with Gasteiger partial charge in [-0.15, -0.1) is 11.3 Å². The molecule has 1 aromatic rings. The van der Waals surface area contributed by atoms with E-state index < -0.39 is 0 Å². The highest BCUT2D eigenvalue weighted by molar-refractivity contribution is 7.13. The molecule has 3 nitrogen and oxygen atoms in total. The number of thiazole rings is 1. The Morgan fingerprint density at radius 1 is 1.47 bits per heavy atom. The molecular weight excluding hydrogens is 230 g/mol. The molecule has 96 valence electrons. The molecule has 0 unspecified atom stereocenters. The summed E-state index contributed by atoms with van der Waals surface area (Å²) in [6.07, 6.45) is 2.67. The summed E-state index contributed by atoms with van der Waals surface area (Å²) in [5.74, 6) is 0. The Morgan fingerprint density at radius 2 is 2.18 bits per heavy atom. The van der Waals surface area contributed by atoms with Crippen molar-refractivity contribution in [1.82, 2.24) is 10.3 Å². The van der Waals surface area contributed by atoms with Crippen LogP contribution in [-0.2, 0) is 6.54 Å². The molecule has 4 heteroatoms. The molecule has 0 aliphatic heterocycles. The first kappa shape index (κ1) is 12.8. The Kier molecular flexibility index (Phi) is 3.73. The first-order valence-corrected chi connectivity index (χ1v) is 7.21. The zero-order valence-electron chi connectivity index (χ0n) is 11.3. The number of nitrogens with zero attached hydrogens (tertiary/aromatic N) is 2. The van der Waals surface area contributed by atoms with Gasteiger partial charge in [0.25, 0.3) is 0 Å². The van der Waals surface area contributed by atoms with Crippen molar-refractivity contribution in [3.63, 3.8) is 0 Å². The van der Waals surface area contributed by atoms with Gasteiger partial charge in [-0.2, -0.15) is 0 Å². The second-order valence-corrected chi connectivity index (χ2v) is 7.03. The van der Waals surface area contributed by atoms with Crippen molar-refractivity contribution in [3.8, 4) is 0 Å². The van der Waals surface area contributed by atoms with Crippen LogP contribution in [0.2, 0.25) is 0 Å². The predicted molar refractivity (Wildman–Crippen MR) is 74.7 cm³/mol. The topological polar surface area (TPSA) is 28.2 Å². The number of anilines is 1. The summed E-state index contributed by atoms with van der Waals surface area (Å²) < 4.78 is 0. The summed E-state index contributed by atoms with van der Waals surface area (Å²) in [5.41, 5.74) is 1.49. The lowest BCUT2D eigenvalue weighted by Gasteiger charge is -2.26. The molecular formula is C13H23N3S.